The quantitative estimate of drug-likeness (QED) is 0.611. The van der Waals surface area contributed by atoms with E-state index < -0.39 is 6.10 Å². The minimum atomic E-state index is -0.538. The number of hydrogen-bond donors (Lipinski definition) is 1. The van der Waals surface area contributed by atoms with Crippen LogP contribution in [0.2, 0.25) is 0 Å². The van der Waals surface area contributed by atoms with Crippen LogP contribution in [0.3, 0.4) is 0 Å². The highest BCUT2D eigenvalue weighted by Crippen LogP contribution is 2.26. The third kappa shape index (κ3) is 4.48. The second-order valence-corrected chi connectivity index (χ2v) is 7.81. The molecular weight excluding hydrogens is 334 g/mol. The Morgan fingerprint density at radius 3 is 2.30 bits per heavy atom. The summed E-state index contributed by atoms with van der Waals surface area (Å²) in [5, 5.41) is 5.15. The highest BCUT2D eigenvalue weighted by molar-refractivity contribution is 6.03. The molecule has 0 aliphatic heterocycles. The molecule has 0 aromatic heterocycles. The summed E-state index contributed by atoms with van der Waals surface area (Å²) in [6, 6.07) is 21.9. The van der Waals surface area contributed by atoms with Crippen molar-refractivity contribution < 1.29 is 9.53 Å². The fourth-order valence-electron chi connectivity index (χ4n) is 3.07. The first-order valence-corrected chi connectivity index (χ1v) is 9.44. The van der Waals surface area contributed by atoms with Gasteiger partial charge in [-0.25, -0.2) is 0 Å². The van der Waals surface area contributed by atoms with Gasteiger partial charge in [0.2, 0.25) is 0 Å². The maximum Gasteiger partial charge on any atom is 0.265 e. The van der Waals surface area contributed by atoms with Crippen molar-refractivity contribution >= 4 is 22.4 Å². The van der Waals surface area contributed by atoms with Gasteiger partial charge in [0.1, 0.15) is 5.75 Å². The van der Waals surface area contributed by atoms with Crippen LogP contribution in [0.25, 0.3) is 10.8 Å². The molecule has 1 atom stereocenters. The normalized spacial score (nSPS) is 12.6. The van der Waals surface area contributed by atoms with E-state index in [9.17, 15) is 4.79 Å². The molecule has 0 unspecified atom stereocenters. The zero-order valence-corrected chi connectivity index (χ0v) is 16.5. The van der Waals surface area contributed by atoms with Gasteiger partial charge in [0.25, 0.3) is 5.91 Å². The molecule has 0 spiro atoms. The van der Waals surface area contributed by atoms with Crippen LogP contribution in [-0.4, -0.2) is 12.0 Å². The molecule has 0 heterocycles. The molecule has 0 bridgehead atoms. The number of benzene rings is 3. The molecular formula is C24H27NO2. The van der Waals surface area contributed by atoms with Crippen molar-refractivity contribution in [3.63, 3.8) is 0 Å². The van der Waals surface area contributed by atoms with Gasteiger partial charge in [-0.1, -0.05) is 76.2 Å². The van der Waals surface area contributed by atoms with E-state index in [1.165, 1.54) is 5.56 Å². The van der Waals surface area contributed by atoms with Gasteiger partial charge >= 0.3 is 0 Å². The number of nitrogens with one attached hydrogen (secondary N) is 1. The molecule has 0 saturated heterocycles. The minimum absolute atomic E-state index is 0.0917. The maximum absolute atomic E-state index is 12.8. The summed E-state index contributed by atoms with van der Waals surface area (Å²) in [5.74, 6) is 0.580. The first-order valence-electron chi connectivity index (χ1n) is 9.44. The van der Waals surface area contributed by atoms with E-state index in [2.05, 4.69) is 38.2 Å². The molecule has 0 fully saturated rings. The monoisotopic (exact) mass is 361 g/mol. The van der Waals surface area contributed by atoms with Gasteiger partial charge in [-0.2, -0.15) is 0 Å². The van der Waals surface area contributed by atoms with Crippen LogP contribution in [-0.2, 0) is 10.2 Å². The van der Waals surface area contributed by atoms with Crippen molar-refractivity contribution in [2.75, 3.05) is 5.32 Å². The van der Waals surface area contributed by atoms with E-state index in [-0.39, 0.29) is 11.3 Å². The predicted molar refractivity (Wildman–Crippen MR) is 112 cm³/mol. The van der Waals surface area contributed by atoms with Crippen LogP contribution in [0.15, 0.2) is 66.7 Å². The minimum Gasteiger partial charge on any atom is -0.481 e. The molecule has 3 aromatic carbocycles. The van der Waals surface area contributed by atoms with Gasteiger partial charge in [-0.15, -0.1) is 0 Å². The molecule has 0 saturated carbocycles. The Bertz CT molecular complexity index is 918. The van der Waals surface area contributed by atoms with E-state index in [0.717, 1.165) is 16.5 Å². The number of carbonyl (C=O) groups is 1. The Hall–Kier alpha value is -2.81. The zero-order valence-electron chi connectivity index (χ0n) is 16.5. The second kappa shape index (κ2) is 7.83. The van der Waals surface area contributed by atoms with Gasteiger partial charge in [0.05, 0.1) is 0 Å². The number of ether oxygens (including phenoxy) is 1. The molecule has 3 nitrogen and oxygen atoms in total. The topological polar surface area (TPSA) is 38.3 Å². The Kier molecular flexibility index (Phi) is 5.50. The molecule has 27 heavy (non-hydrogen) atoms. The second-order valence-electron chi connectivity index (χ2n) is 7.81. The Morgan fingerprint density at radius 2 is 1.63 bits per heavy atom. The Balaban J connectivity index is 1.74. The van der Waals surface area contributed by atoms with E-state index in [1.807, 2.05) is 61.5 Å². The van der Waals surface area contributed by atoms with Crippen LogP contribution in [0.5, 0.6) is 5.75 Å². The fourth-order valence-corrected chi connectivity index (χ4v) is 3.07. The van der Waals surface area contributed by atoms with E-state index in [1.54, 1.807) is 0 Å². The molecule has 140 valence electrons. The summed E-state index contributed by atoms with van der Waals surface area (Å²) in [7, 11) is 0. The molecule has 1 amide bonds. The SMILES string of the molecule is CC[C@@H](Oc1ccc(C(C)(C)C)cc1)C(=O)Nc1cccc2ccccc12. The third-order valence-electron chi connectivity index (χ3n) is 4.71. The Morgan fingerprint density at radius 1 is 0.963 bits per heavy atom. The number of rotatable bonds is 5. The summed E-state index contributed by atoms with van der Waals surface area (Å²) in [6.07, 6.45) is 0.0573. The largest absolute Gasteiger partial charge is 0.481 e. The lowest BCUT2D eigenvalue weighted by atomic mass is 9.87. The molecule has 3 rings (SSSR count). The molecule has 0 aliphatic rings. The lowest BCUT2D eigenvalue weighted by Gasteiger charge is -2.21. The first-order chi connectivity index (χ1) is 12.9. The van der Waals surface area contributed by atoms with Crippen molar-refractivity contribution in [3.05, 3.63) is 72.3 Å². The maximum atomic E-state index is 12.8. The number of amides is 1. The van der Waals surface area contributed by atoms with Crippen LogP contribution >= 0.6 is 0 Å². The van der Waals surface area contributed by atoms with Crippen LogP contribution in [0, 0.1) is 0 Å². The van der Waals surface area contributed by atoms with Gasteiger partial charge in [0, 0.05) is 11.1 Å². The number of anilines is 1. The average molecular weight is 361 g/mol. The van der Waals surface area contributed by atoms with Gasteiger partial charge in [-0.3, -0.25) is 4.79 Å². The summed E-state index contributed by atoms with van der Waals surface area (Å²) in [5.41, 5.74) is 2.14. The lowest BCUT2D eigenvalue weighted by Crippen LogP contribution is -2.32. The van der Waals surface area contributed by atoms with Crippen molar-refractivity contribution in [3.8, 4) is 5.75 Å². The smallest absolute Gasteiger partial charge is 0.265 e. The van der Waals surface area contributed by atoms with Gasteiger partial charge in [-0.05, 0) is 41.0 Å². The Labute approximate surface area is 161 Å². The van der Waals surface area contributed by atoms with Crippen LogP contribution < -0.4 is 10.1 Å². The number of fused-ring (bicyclic) bond motifs is 1. The summed E-state index contributed by atoms with van der Waals surface area (Å²) in [4.78, 5) is 12.8. The first kappa shape index (κ1) is 19.0. The van der Waals surface area contributed by atoms with Crippen LogP contribution in [0.1, 0.15) is 39.7 Å². The fraction of sp³-hybridized carbons (Fsp3) is 0.292. The number of carbonyl (C=O) groups excluding carboxylic acids is 1. The summed E-state index contributed by atoms with van der Waals surface area (Å²) >= 11 is 0. The summed E-state index contributed by atoms with van der Waals surface area (Å²) < 4.78 is 5.97. The van der Waals surface area contributed by atoms with Crippen molar-refractivity contribution in [1.82, 2.24) is 0 Å². The molecule has 0 radical (unpaired) electrons. The van der Waals surface area contributed by atoms with E-state index in [0.29, 0.717) is 12.2 Å². The van der Waals surface area contributed by atoms with Crippen LogP contribution in [0.4, 0.5) is 5.69 Å². The molecule has 1 N–H and O–H groups in total. The molecule has 0 aliphatic carbocycles. The van der Waals surface area contributed by atoms with Crippen molar-refractivity contribution in [1.29, 1.82) is 0 Å². The number of hydrogen-bond acceptors (Lipinski definition) is 2. The zero-order chi connectivity index (χ0) is 19.4. The summed E-state index contributed by atoms with van der Waals surface area (Å²) in [6.45, 7) is 8.48. The van der Waals surface area contributed by atoms with E-state index >= 15 is 0 Å². The predicted octanol–water partition coefficient (Wildman–Crippen LogP) is 5.93. The highest BCUT2D eigenvalue weighted by atomic mass is 16.5. The lowest BCUT2D eigenvalue weighted by molar-refractivity contribution is -0.122. The average Bonchev–Trinajstić information content (AvgIpc) is 2.66. The standard InChI is InChI=1S/C24H27NO2/c1-5-22(27-19-15-13-18(14-16-19)24(2,3)4)23(26)25-21-12-8-10-17-9-6-7-11-20(17)21/h6-16,22H,5H2,1-4H3,(H,25,26)/t22-/m1/s1. The third-order valence-corrected chi connectivity index (χ3v) is 4.71. The van der Waals surface area contributed by atoms with E-state index in [4.69, 9.17) is 4.74 Å². The highest BCUT2D eigenvalue weighted by Gasteiger charge is 2.20. The van der Waals surface area contributed by atoms with Crippen molar-refractivity contribution in [2.24, 2.45) is 0 Å². The molecule has 3 heteroatoms. The van der Waals surface area contributed by atoms with Gasteiger partial charge in [0.15, 0.2) is 6.10 Å². The van der Waals surface area contributed by atoms with Gasteiger partial charge < -0.3 is 10.1 Å². The van der Waals surface area contributed by atoms with Crippen molar-refractivity contribution in [2.45, 2.75) is 45.6 Å². The molecule has 3 aromatic rings.